The zero-order valence-corrected chi connectivity index (χ0v) is 12.6. The van der Waals surface area contributed by atoms with Crippen molar-refractivity contribution in [3.05, 3.63) is 50.6 Å². The van der Waals surface area contributed by atoms with Crippen molar-refractivity contribution < 1.29 is 13.3 Å². The van der Waals surface area contributed by atoms with Crippen molar-refractivity contribution in [3.8, 4) is 0 Å². The van der Waals surface area contributed by atoms with Crippen molar-refractivity contribution in [2.75, 3.05) is 0 Å². The average molecular weight is 338 g/mol. The van der Waals surface area contributed by atoms with Gasteiger partial charge in [0.25, 0.3) is 10.0 Å². The summed E-state index contributed by atoms with van der Waals surface area (Å²) in [6.07, 6.45) is 0. The summed E-state index contributed by atoms with van der Waals surface area (Å²) in [5.74, 6) is 0. The van der Waals surface area contributed by atoms with E-state index in [9.17, 15) is 8.42 Å². The normalized spacial score (nSPS) is 11.7. The van der Waals surface area contributed by atoms with Gasteiger partial charge in [-0.15, -0.1) is 11.3 Å². The fourth-order valence-electron chi connectivity index (χ4n) is 1.32. The number of halogens is 2. The van der Waals surface area contributed by atoms with Gasteiger partial charge in [0.05, 0.1) is 10.9 Å². The summed E-state index contributed by atoms with van der Waals surface area (Å²) in [6, 6.07) is 10.5. The zero-order valence-electron chi connectivity index (χ0n) is 9.47. The van der Waals surface area contributed by atoms with Crippen LogP contribution < -0.4 is 4.89 Å². The third-order valence-corrected chi connectivity index (χ3v) is 5.13. The first-order chi connectivity index (χ1) is 8.99. The summed E-state index contributed by atoms with van der Waals surface area (Å²) in [5.41, 5.74) is 0.847. The molecule has 0 unspecified atom stereocenters. The highest BCUT2D eigenvalue weighted by Gasteiger charge is 2.21. The van der Waals surface area contributed by atoms with Crippen LogP contribution in [0.25, 0.3) is 0 Å². The Labute approximate surface area is 124 Å². The van der Waals surface area contributed by atoms with E-state index in [2.05, 4.69) is 0 Å². The minimum Gasteiger partial charge on any atom is -0.282 e. The molecule has 0 amide bonds. The second-order valence-electron chi connectivity index (χ2n) is 3.55. The Morgan fingerprint density at radius 2 is 1.89 bits per heavy atom. The van der Waals surface area contributed by atoms with Crippen LogP contribution >= 0.6 is 34.5 Å². The standard InChI is InChI=1S/C11H9Cl2NO3S2/c12-10-6-9(11(13)18-10)19(15,16)14-17-7-8-4-2-1-3-5-8/h1-6,14H,7H2. The molecule has 0 fully saturated rings. The number of sulfonamides is 1. The number of benzene rings is 1. The Morgan fingerprint density at radius 1 is 1.21 bits per heavy atom. The van der Waals surface area contributed by atoms with Crippen molar-refractivity contribution in [1.82, 2.24) is 4.89 Å². The van der Waals surface area contributed by atoms with Crippen molar-refractivity contribution in [2.24, 2.45) is 0 Å². The van der Waals surface area contributed by atoms with Crippen LogP contribution in [0.4, 0.5) is 0 Å². The highest BCUT2D eigenvalue weighted by atomic mass is 35.5. The van der Waals surface area contributed by atoms with Crippen LogP contribution in [0, 0.1) is 0 Å². The first-order valence-electron chi connectivity index (χ1n) is 5.11. The molecular weight excluding hydrogens is 329 g/mol. The van der Waals surface area contributed by atoms with E-state index in [1.165, 1.54) is 6.07 Å². The number of thiophene rings is 1. The maximum Gasteiger partial charge on any atom is 0.264 e. The first-order valence-corrected chi connectivity index (χ1v) is 8.17. The molecule has 0 saturated heterocycles. The van der Waals surface area contributed by atoms with Crippen molar-refractivity contribution in [2.45, 2.75) is 11.5 Å². The predicted octanol–water partition coefficient (Wildman–Crippen LogP) is 3.47. The Bertz CT molecular complexity index is 656. The molecule has 0 atom stereocenters. The molecule has 0 saturated carbocycles. The van der Waals surface area contributed by atoms with Gasteiger partial charge in [-0.05, 0) is 11.6 Å². The second-order valence-corrected chi connectivity index (χ2v) is 7.45. The van der Waals surface area contributed by atoms with Crippen LogP contribution in [-0.2, 0) is 21.5 Å². The first kappa shape index (κ1) is 14.8. The van der Waals surface area contributed by atoms with Crippen molar-refractivity contribution in [1.29, 1.82) is 0 Å². The lowest BCUT2D eigenvalue weighted by atomic mass is 10.2. The van der Waals surface area contributed by atoms with Gasteiger partial charge >= 0.3 is 0 Å². The predicted molar refractivity (Wildman–Crippen MR) is 75.9 cm³/mol. The molecule has 1 heterocycles. The van der Waals surface area contributed by atoms with Crippen LogP contribution in [0.3, 0.4) is 0 Å². The molecule has 0 radical (unpaired) electrons. The third-order valence-electron chi connectivity index (χ3n) is 2.17. The van der Waals surface area contributed by atoms with E-state index in [1.807, 2.05) is 35.2 Å². The molecule has 4 nitrogen and oxygen atoms in total. The van der Waals surface area contributed by atoms with Crippen LogP contribution in [0.1, 0.15) is 5.56 Å². The van der Waals surface area contributed by atoms with E-state index in [0.29, 0.717) is 4.34 Å². The Kier molecular flexibility index (Phi) is 4.83. The quantitative estimate of drug-likeness (QED) is 0.850. The summed E-state index contributed by atoms with van der Waals surface area (Å²) in [6.45, 7) is 0.121. The molecule has 2 rings (SSSR count). The van der Waals surface area contributed by atoms with E-state index < -0.39 is 10.0 Å². The van der Waals surface area contributed by atoms with Gasteiger partial charge in [-0.1, -0.05) is 58.4 Å². The summed E-state index contributed by atoms with van der Waals surface area (Å²) in [7, 11) is -3.82. The molecule has 1 aromatic carbocycles. The van der Waals surface area contributed by atoms with Crippen LogP contribution in [0.5, 0.6) is 0 Å². The zero-order chi connectivity index (χ0) is 13.9. The second kappa shape index (κ2) is 6.21. The maximum absolute atomic E-state index is 11.9. The molecule has 0 bridgehead atoms. The minimum absolute atomic E-state index is 0.0859. The largest absolute Gasteiger partial charge is 0.282 e. The van der Waals surface area contributed by atoms with Gasteiger partial charge in [0.1, 0.15) is 9.23 Å². The fourth-order valence-corrected chi connectivity index (χ4v) is 4.27. The number of rotatable bonds is 5. The SMILES string of the molecule is O=S(=O)(NOCc1ccccc1)c1cc(Cl)sc1Cl. The summed E-state index contributed by atoms with van der Waals surface area (Å²) < 4.78 is 24.2. The van der Waals surface area contributed by atoms with Gasteiger partial charge < -0.3 is 0 Å². The molecule has 102 valence electrons. The van der Waals surface area contributed by atoms with Gasteiger partial charge in [-0.25, -0.2) is 8.42 Å². The lowest BCUT2D eigenvalue weighted by molar-refractivity contribution is 0.0795. The average Bonchev–Trinajstić information content (AvgIpc) is 2.70. The third kappa shape index (κ3) is 3.92. The van der Waals surface area contributed by atoms with Gasteiger partial charge in [-0.2, -0.15) is 0 Å². The molecule has 2 aromatic rings. The van der Waals surface area contributed by atoms with Crippen LogP contribution in [-0.4, -0.2) is 8.42 Å². The van der Waals surface area contributed by atoms with E-state index >= 15 is 0 Å². The van der Waals surface area contributed by atoms with Crippen LogP contribution in [0.15, 0.2) is 41.3 Å². The Morgan fingerprint density at radius 3 is 2.47 bits per heavy atom. The Hall–Kier alpha value is -0.630. The molecule has 19 heavy (non-hydrogen) atoms. The summed E-state index contributed by atoms with van der Waals surface area (Å²) >= 11 is 12.5. The minimum atomic E-state index is -3.82. The number of hydrogen-bond acceptors (Lipinski definition) is 4. The molecule has 1 N–H and O–H groups in total. The highest BCUT2D eigenvalue weighted by molar-refractivity contribution is 7.89. The highest BCUT2D eigenvalue weighted by Crippen LogP contribution is 2.34. The lowest BCUT2D eigenvalue weighted by Gasteiger charge is -2.06. The van der Waals surface area contributed by atoms with Gasteiger partial charge in [0.2, 0.25) is 0 Å². The van der Waals surface area contributed by atoms with Crippen molar-refractivity contribution >= 4 is 44.6 Å². The molecule has 8 heteroatoms. The number of hydrogen-bond donors (Lipinski definition) is 1. The van der Waals surface area contributed by atoms with Gasteiger partial charge in [-0.3, -0.25) is 4.84 Å². The fraction of sp³-hybridized carbons (Fsp3) is 0.0909. The van der Waals surface area contributed by atoms with E-state index in [-0.39, 0.29) is 15.8 Å². The molecule has 0 aliphatic carbocycles. The molecule has 1 aromatic heterocycles. The van der Waals surface area contributed by atoms with E-state index in [4.69, 9.17) is 28.0 Å². The summed E-state index contributed by atoms with van der Waals surface area (Å²) in [4.78, 5) is 6.90. The van der Waals surface area contributed by atoms with Gasteiger partial charge in [0.15, 0.2) is 0 Å². The summed E-state index contributed by atoms with van der Waals surface area (Å²) in [5, 5.41) is 0. The smallest absolute Gasteiger partial charge is 0.264 e. The number of nitrogens with one attached hydrogen (secondary N) is 1. The maximum atomic E-state index is 11.9. The molecular formula is C11H9Cl2NO3S2. The van der Waals surface area contributed by atoms with E-state index in [0.717, 1.165) is 16.9 Å². The topological polar surface area (TPSA) is 55.4 Å². The van der Waals surface area contributed by atoms with E-state index in [1.54, 1.807) is 0 Å². The monoisotopic (exact) mass is 337 g/mol. The molecule has 0 aliphatic rings. The molecule has 0 aliphatic heterocycles. The lowest BCUT2D eigenvalue weighted by Crippen LogP contribution is -2.23. The van der Waals surface area contributed by atoms with Gasteiger partial charge in [0, 0.05) is 0 Å². The van der Waals surface area contributed by atoms with Crippen LogP contribution in [0.2, 0.25) is 8.67 Å². The Balaban J connectivity index is 2.01. The molecule has 0 spiro atoms. The van der Waals surface area contributed by atoms with Crippen molar-refractivity contribution in [3.63, 3.8) is 0 Å².